The molecule has 2 aromatic rings. The van der Waals surface area contributed by atoms with E-state index in [-0.39, 0.29) is 6.04 Å². The maximum Gasteiger partial charge on any atom is 0.0996 e. The summed E-state index contributed by atoms with van der Waals surface area (Å²) in [5.74, 6) is 0. The van der Waals surface area contributed by atoms with Gasteiger partial charge in [0, 0.05) is 16.8 Å². The summed E-state index contributed by atoms with van der Waals surface area (Å²) in [4.78, 5) is 4.50. The third kappa shape index (κ3) is 2.05. The van der Waals surface area contributed by atoms with Gasteiger partial charge in [0.25, 0.3) is 0 Å². The molecule has 0 unspecified atom stereocenters. The molecule has 0 spiro atoms. The summed E-state index contributed by atoms with van der Waals surface area (Å²) in [7, 11) is 0. The fraction of sp³-hybridized carbons (Fsp3) is 0.357. The zero-order valence-electron chi connectivity index (χ0n) is 10.3. The summed E-state index contributed by atoms with van der Waals surface area (Å²) in [6.07, 6.45) is -0.446. The van der Waals surface area contributed by atoms with Crippen molar-refractivity contribution in [2.24, 2.45) is 0 Å². The summed E-state index contributed by atoms with van der Waals surface area (Å²) in [5.41, 5.74) is 2.96. The van der Waals surface area contributed by atoms with E-state index in [4.69, 9.17) is 4.74 Å². The van der Waals surface area contributed by atoms with Crippen LogP contribution < -0.4 is 5.32 Å². The van der Waals surface area contributed by atoms with Gasteiger partial charge in [-0.05, 0) is 31.2 Å². The Morgan fingerprint density at radius 3 is 2.94 bits per heavy atom. The van der Waals surface area contributed by atoms with Gasteiger partial charge in [0.2, 0.25) is 0 Å². The lowest BCUT2D eigenvalue weighted by Gasteiger charge is -2.17. The first-order chi connectivity index (χ1) is 8.74. The number of nitrogens with zero attached hydrogens (tertiary/aromatic N) is 1. The van der Waals surface area contributed by atoms with Crippen LogP contribution in [0.3, 0.4) is 0 Å². The summed E-state index contributed by atoms with van der Waals surface area (Å²) >= 11 is 0. The van der Waals surface area contributed by atoms with Gasteiger partial charge >= 0.3 is 0 Å². The van der Waals surface area contributed by atoms with Crippen LogP contribution in [0.5, 0.6) is 0 Å². The second-order valence-electron chi connectivity index (χ2n) is 4.68. The zero-order chi connectivity index (χ0) is 12.5. The summed E-state index contributed by atoms with van der Waals surface area (Å²) in [6.45, 7) is 2.92. The molecule has 3 rings (SSSR count). The van der Waals surface area contributed by atoms with Crippen LogP contribution in [0.2, 0.25) is 0 Å². The molecule has 1 aromatic heterocycles. The van der Waals surface area contributed by atoms with Crippen molar-refractivity contribution in [2.75, 3.05) is 18.5 Å². The molecule has 0 saturated carbocycles. The average molecular weight is 244 g/mol. The molecule has 1 fully saturated rings. The number of anilines is 1. The van der Waals surface area contributed by atoms with Gasteiger partial charge in [0.15, 0.2) is 0 Å². The van der Waals surface area contributed by atoms with Crippen molar-refractivity contribution in [2.45, 2.75) is 19.1 Å². The van der Waals surface area contributed by atoms with Crippen molar-refractivity contribution in [1.29, 1.82) is 0 Å². The maximum absolute atomic E-state index is 9.76. The topological polar surface area (TPSA) is 54.4 Å². The number of rotatable bonds is 2. The molecular formula is C14H16N2O2. The standard InChI is InChI=1S/C14H16N2O2/c1-9-5-6-10-11(15-9)3-2-4-12(10)16-13-7-18-8-14(13)17/h2-6,13-14,16-17H,7-8H2,1H3/t13-,14-/m0/s1. The van der Waals surface area contributed by atoms with E-state index in [1.54, 1.807) is 0 Å². The smallest absolute Gasteiger partial charge is 0.0996 e. The van der Waals surface area contributed by atoms with Crippen molar-refractivity contribution in [3.8, 4) is 0 Å². The maximum atomic E-state index is 9.76. The lowest BCUT2D eigenvalue weighted by Crippen LogP contribution is -2.31. The minimum absolute atomic E-state index is 0.0445. The molecule has 4 nitrogen and oxygen atoms in total. The Morgan fingerprint density at radius 2 is 2.17 bits per heavy atom. The van der Waals surface area contributed by atoms with Gasteiger partial charge in [-0.15, -0.1) is 0 Å². The molecule has 18 heavy (non-hydrogen) atoms. The Bertz CT molecular complexity index is 571. The first kappa shape index (κ1) is 11.4. The van der Waals surface area contributed by atoms with Crippen LogP contribution in [0.25, 0.3) is 10.9 Å². The van der Waals surface area contributed by atoms with Crippen molar-refractivity contribution < 1.29 is 9.84 Å². The number of hydrogen-bond acceptors (Lipinski definition) is 4. The molecule has 94 valence electrons. The van der Waals surface area contributed by atoms with Crippen molar-refractivity contribution in [1.82, 2.24) is 4.98 Å². The number of aryl methyl sites for hydroxylation is 1. The van der Waals surface area contributed by atoms with Gasteiger partial charge in [-0.3, -0.25) is 4.98 Å². The minimum atomic E-state index is -0.446. The molecule has 2 N–H and O–H groups in total. The van der Waals surface area contributed by atoms with Crippen LogP contribution in [0.1, 0.15) is 5.69 Å². The van der Waals surface area contributed by atoms with E-state index in [0.717, 1.165) is 22.3 Å². The van der Waals surface area contributed by atoms with Crippen molar-refractivity contribution in [3.05, 3.63) is 36.0 Å². The van der Waals surface area contributed by atoms with E-state index in [9.17, 15) is 5.11 Å². The predicted molar refractivity (Wildman–Crippen MR) is 70.7 cm³/mol. The lowest BCUT2D eigenvalue weighted by molar-refractivity contribution is 0.125. The molecule has 0 amide bonds. The second-order valence-corrected chi connectivity index (χ2v) is 4.68. The van der Waals surface area contributed by atoms with E-state index < -0.39 is 6.10 Å². The average Bonchev–Trinajstić information content (AvgIpc) is 2.75. The van der Waals surface area contributed by atoms with Gasteiger partial charge < -0.3 is 15.2 Å². The molecule has 1 aromatic carbocycles. The molecular weight excluding hydrogens is 228 g/mol. The van der Waals surface area contributed by atoms with Gasteiger partial charge in [-0.25, -0.2) is 0 Å². The quantitative estimate of drug-likeness (QED) is 0.844. The zero-order valence-corrected chi connectivity index (χ0v) is 10.3. The number of pyridine rings is 1. The third-order valence-corrected chi connectivity index (χ3v) is 3.26. The Hall–Kier alpha value is -1.65. The molecule has 1 saturated heterocycles. The van der Waals surface area contributed by atoms with Gasteiger partial charge in [-0.2, -0.15) is 0 Å². The SMILES string of the molecule is Cc1ccc2c(N[C@H]3COC[C@@H]3O)cccc2n1. The highest BCUT2D eigenvalue weighted by Gasteiger charge is 2.26. The Morgan fingerprint density at radius 1 is 1.28 bits per heavy atom. The minimum Gasteiger partial charge on any atom is -0.388 e. The molecule has 0 radical (unpaired) electrons. The van der Waals surface area contributed by atoms with Crippen molar-refractivity contribution in [3.63, 3.8) is 0 Å². The highest BCUT2D eigenvalue weighted by molar-refractivity contribution is 5.91. The number of aromatic nitrogens is 1. The number of aliphatic hydroxyl groups is 1. The number of aliphatic hydroxyl groups excluding tert-OH is 1. The monoisotopic (exact) mass is 244 g/mol. The lowest BCUT2D eigenvalue weighted by atomic mass is 10.1. The van der Waals surface area contributed by atoms with Crippen LogP contribution in [0.4, 0.5) is 5.69 Å². The van der Waals surface area contributed by atoms with E-state index in [1.165, 1.54) is 0 Å². The molecule has 4 heteroatoms. The molecule has 0 aliphatic carbocycles. The number of nitrogens with one attached hydrogen (secondary N) is 1. The summed E-state index contributed by atoms with van der Waals surface area (Å²) in [6, 6.07) is 9.98. The Labute approximate surface area is 106 Å². The van der Waals surface area contributed by atoms with Crippen LogP contribution in [-0.4, -0.2) is 35.5 Å². The van der Waals surface area contributed by atoms with E-state index in [0.29, 0.717) is 13.2 Å². The fourth-order valence-corrected chi connectivity index (χ4v) is 2.26. The van der Waals surface area contributed by atoms with Crippen LogP contribution in [0.15, 0.2) is 30.3 Å². The highest BCUT2D eigenvalue weighted by atomic mass is 16.5. The highest BCUT2D eigenvalue weighted by Crippen LogP contribution is 2.24. The third-order valence-electron chi connectivity index (χ3n) is 3.26. The summed E-state index contributed by atoms with van der Waals surface area (Å²) < 4.78 is 5.24. The summed E-state index contributed by atoms with van der Waals surface area (Å²) in [5, 5.41) is 14.2. The van der Waals surface area contributed by atoms with Crippen LogP contribution in [0, 0.1) is 6.92 Å². The predicted octanol–water partition coefficient (Wildman–Crippen LogP) is 1.71. The largest absolute Gasteiger partial charge is 0.388 e. The number of fused-ring (bicyclic) bond motifs is 1. The molecule has 2 atom stereocenters. The first-order valence-electron chi connectivity index (χ1n) is 6.13. The van der Waals surface area contributed by atoms with Gasteiger partial charge in [0.1, 0.15) is 0 Å². The second kappa shape index (κ2) is 4.55. The molecule has 1 aliphatic rings. The van der Waals surface area contributed by atoms with E-state index >= 15 is 0 Å². The first-order valence-corrected chi connectivity index (χ1v) is 6.13. The molecule has 1 aliphatic heterocycles. The van der Waals surface area contributed by atoms with Crippen LogP contribution >= 0.6 is 0 Å². The normalized spacial score (nSPS) is 23.4. The van der Waals surface area contributed by atoms with Crippen molar-refractivity contribution >= 4 is 16.6 Å². The molecule has 2 heterocycles. The number of benzene rings is 1. The van der Waals surface area contributed by atoms with Crippen LogP contribution in [-0.2, 0) is 4.74 Å². The van der Waals surface area contributed by atoms with Gasteiger partial charge in [-0.1, -0.05) is 6.07 Å². The fourth-order valence-electron chi connectivity index (χ4n) is 2.26. The number of hydrogen-bond donors (Lipinski definition) is 2. The Balaban J connectivity index is 1.96. The van der Waals surface area contributed by atoms with E-state index in [2.05, 4.69) is 16.4 Å². The Kier molecular flexibility index (Phi) is 2.89. The van der Waals surface area contributed by atoms with E-state index in [1.807, 2.05) is 31.2 Å². The number of ether oxygens (including phenoxy) is 1. The molecule has 0 bridgehead atoms. The van der Waals surface area contributed by atoms with Gasteiger partial charge in [0.05, 0.1) is 30.9 Å².